The Labute approximate surface area is 194 Å². The lowest BCUT2D eigenvalue weighted by Crippen LogP contribution is -3.00. The van der Waals surface area contributed by atoms with Gasteiger partial charge in [-0.3, -0.25) is 0 Å². The molecule has 2 aromatic rings. The van der Waals surface area contributed by atoms with Gasteiger partial charge < -0.3 is 56.9 Å². The minimum Gasteiger partial charge on any atom is -1.00 e. The second-order valence-electron chi connectivity index (χ2n) is 8.66. The first kappa shape index (κ1) is 25.8. The van der Waals surface area contributed by atoms with Gasteiger partial charge in [0.25, 0.3) is 0 Å². The Kier molecular flexibility index (Phi) is 10.9. The van der Waals surface area contributed by atoms with Crippen LogP contribution >= 0.6 is 0 Å². The molecule has 2 unspecified atom stereocenters. The normalized spacial score (nSPS) is 13.9. The van der Waals surface area contributed by atoms with E-state index in [1.165, 1.54) is 24.0 Å². The standard InChI is InChI=1S/C22H34N2.2HI/c1-23(2,3)21(19-13-9-7-10-14-19)17-18-22(24(4,5)6)20-15-11-8-12-16-20;;/h7-16,21-22H,17-18H2,1-6H3;2*1H/q+2;;/p-2. The molecule has 0 aliphatic rings. The zero-order chi connectivity index (χ0) is 17.8. The summed E-state index contributed by atoms with van der Waals surface area (Å²) in [6.45, 7) is 0. The topological polar surface area (TPSA) is 0 Å². The highest BCUT2D eigenvalue weighted by atomic mass is 127. The largest absolute Gasteiger partial charge is 1.00 e. The number of quaternary nitrogens is 2. The molecule has 0 aliphatic heterocycles. The van der Waals surface area contributed by atoms with Crippen LogP contribution in [0.5, 0.6) is 0 Å². The molecule has 0 fully saturated rings. The van der Waals surface area contributed by atoms with Gasteiger partial charge in [0, 0.05) is 24.0 Å². The average Bonchev–Trinajstić information content (AvgIpc) is 2.51. The van der Waals surface area contributed by atoms with Crippen molar-refractivity contribution in [3.8, 4) is 0 Å². The average molecular weight is 580 g/mol. The summed E-state index contributed by atoms with van der Waals surface area (Å²) < 4.78 is 1.92. The van der Waals surface area contributed by atoms with Crippen LogP contribution in [-0.2, 0) is 0 Å². The molecule has 0 aliphatic carbocycles. The monoisotopic (exact) mass is 580 g/mol. The summed E-state index contributed by atoms with van der Waals surface area (Å²) in [7, 11) is 13.8. The second-order valence-corrected chi connectivity index (χ2v) is 8.66. The van der Waals surface area contributed by atoms with Gasteiger partial charge in [-0.15, -0.1) is 0 Å². The smallest absolute Gasteiger partial charge is 0.114 e. The molecule has 146 valence electrons. The van der Waals surface area contributed by atoms with Crippen LogP contribution in [0.1, 0.15) is 36.1 Å². The van der Waals surface area contributed by atoms with Crippen molar-refractivity contribution in [1.82, 2.24) is 0 Å². The van der Waals surface area contributed by atoms with E-state index in [2.05, 4.69) is 103 Å². The Morgan fingerprint density at radius 2 is 0.808 bits per heavy atom. The Balaban J connectivity index is 0.00000312. The lowest BCUT2D eigenvalue weighted by molar-refractivity contribution is -0.910. The summed E-state index contributed by atoms with van der Waals surface area (Å²) in [6.07, 6.45) is 2.37. The third kappa shape index (κ3) is 7.44. The van der Waals surface area contributed by atoms with Gasteiger partial charge in [-0.25, -0.2) is 0 Å². The van der Waals surface area contributed by atoms with Crippen molar-refractivity contribution in [3.05, 3.63) is 71.8 Å². The number of nitrogens with zero attached hydrogens (tertiary/aromatic N) is 2. The molecule has 0 bridgehead atoms. The molecule has 0 saturated heterocycles. The zero-order valence-corrected chi connectivity index (χ0v) is 21.3. The molecule has 0 radical (unpaired) electrons. The summed E-state index contributed by atoms with van der Waals surface area (Å²) in [5.74, 6) is 0. The zero-order valence-electron chi connectivity index (χ0n) is 17.0. The van der Waals surface area contributed by atoms with Crippen LogP contribution in [0, 0.1) is 0 Å². The fraction of sp³-hybridized carbons (Fsp3) is 0.455. The minimum atomic E-state index is 0. The van der Waals surface area contributed by atoms with Gasteiger partial charge in [-0.05, 0) is 0 Å². The number of halogens is 2. The van der Waals surface area contributed by atoms with E-state index in [0.717, 1.165) is 8.97 Å². The second kappa shape index (κ2) is 11.0. The van der Waals surface area contributed by atoms with E-state index < -0.39 is 0 Å². The Bertz CT molecular complexity index is 559. The lowest BCUT2D eigenvalue weighted by Gasteiger charge is -2.38. The molecule has 0 aromatic heterocycles. The Morgan fingerprint density at radius 1 is 0.538 bits per heavy atom. The molecule has 2 nitrogen and oxygen atoms in total. The molecular formula is C22H34I2N2. The molecule has 0 heterocycles. The first-order chi connectivity index (χ1) is 11.2. The van der Waals surface area contributed by atoms with Crippen molar-refractivity contribution in [2.75, 3.05) is 42.3 Å². The van der Waals surface area contributed by atoms with E-state index in [4.69, 9.17) is 0 Å². The van der Waals surface area contributed by atoms with Crippen LogP contribution in [-0.4, -0.2) is 51.3 Å². The SMILES string of the molecule is C[N+](C)(C)C(CCC(c1ccccc1)[N+](C)(C)C)c1ccccc1.[I-].[I-]. The summed E-state index contributed by atoms with van der Waals surface area (Å²) >= 11 is 0. The molecule has 2 aromatic carbocycles. The fourth-order valence-electron chi connectivity index (χ4n) is 3.67. The summed E-state index contributed by atoms with van der Waals surface area (Å²) in [5.41, 5.74) is 2.89. The van der Waals surface area contributed by atoms with Crippen LogP contribution in [0.15, 0.2) is 60.7 Å². The van der Waals surface area contributed by atoms with E-state index in [9.17, 15) is 0 Å². The molecule has 2 rings (SSSR count). The maximum atomic E-state index is 2.31. The van der Waals surface area contributed by atoms with Gasteiger partial charge in [-0.2, -0.15) is 0 Å². The highest BCUT2D eigenvalue weighted by Gasteiger charge is 2.31. The quantitative estimate of drug-likeness (QED) is 0.282. The van der Waals surface area contributed by atoms with Gasteiger partial charge in [0.2, 0.25) is 0 Å². The van der Waals surface area contributed by atoms with Crippen molar-refractivity contribution in [1.29, 1.82) is 0 Å². The van der Waals surface area contributed by atoms with Crippen molar-refractivity contribution in [2.45, 2.75) is 24.9 Å². The highest BCUT2D eigenvalue weighted by molar-refractivity contribution is 5.19. The summed E-state index contributed by atoms with van der Waals surface area (Å²) in [5, 5.41) is 0. The van der Waals surface area contributed by atoms with Gasteiger partial charge >= 0.3 is 0 Å². The predicted octanol–water partition coefficient (Wildman–Crippen LogP) is -1.33. The van der Waals surface area contributed by atoms with Gasteiger partial charge in [0.05, 0.1) is 42.3 Å². The number of rotatable bonds is 7. The van der Waals surface area contributed by atoms with Crippen molar-refractivity contribution >= 4 is 0 Å². The molecule has 4 heteroatoms. The van der Waals surface area contributed by atoms with Crippen molar-refractivity contribution < 1.29 is 56.9 Å². The maximum absolute atomic E-state index is 2.31. The minimum absolute atomic E-state index is 0. The third-order valence-electron chi connectivity index (χ3n) is 4.95. The first-order valence-corrected chi connectivity index (χ1v) is 8.91. The number of hydrogen-bond acceptors (Lipinski definition) is 0. The van der Waals surface area contributed by atoms with Gasteiger partial charge in [0.15, 0.2) is 0 Å². The third-order valence-corrected chi connectivity index (χ3v) is 4.95. The first-order valence-electron chi connectivity index (χ1n) is 8.91. The van der Waals surface area contributed by atoms with Crippen LogP contribution in [0.4, 0.5) is 0 Å². The molecule has 0 amide bonds. The van der Waals surface area contributed by atoms with Gasteiger partial charge in [-0.1, -0.05) is 60.7 Å². The van der Waals surface area contributed by atoms with E-state index in [1.807, 2.05) is 0 Å². The highest BCUT2D eigenvalue weighted by Crippen LogP contribution is 2.35. The van der Waals surface area contributed by atoms with Crippen LogP contribution in [0.2, 0.25) is 0 Å². The van der Waals surface area contributed by atoms with Crippen LogP contribution < -0.4 is 48.0 Å². The van der Waals surface area contributed by atoms with Crippen molar-refractivity contribution in [2.24, 2.45) is 0 Å². The number of hydrogen-bond donors (Lipinski definition) is 0. The lowest BCUT2D eigenvalue weighted by atomic mass is 9.93. The van der Waals surface area contributed by atoms with E-state index >= 15 is 0 Å². The van der Waals surface area contributed by atoms with Crippen LogP contribution in [0.25, 0.3) is 0 Å². The molecular weight excluding hydrogens is 546 g/mol. The molecule has 0 N–H and O–H groups in total. The van der Waals surface area contributed by atoms with E-state index in [0.29, 0.717) is 12.1 Å². The Morgan fingerprint density at radius 3 is 1.04 bits per heavy atom. The summed E-state index contributed by atoms with van der Waals surface area (Å²) in [6, 6.07) is 23.0. The van der Waals surface area contributed by atoms with E-state index in [1.54, 1.807) is 0 Å². The fourth-order valence-corrected chi connectivity index (χ4v) is 3.67. The number of benzene rings is 2. The molecule has 0 spiro atoms. The van der Waals surface area contributed by atoms with Gasteiger partial charge in [0.1, 0.15) is 12.1 Å². The molecule has 26 heavy (non-hydrogen) atoms. The van der Waals surface area contributed by atoms with Crippen molar-refractivity contribution in [3.63, 3.8) is 0 Å². The molecule has 0 saturated carbocycles. The van der Waals surface area contributed by atoms with Crippen LogP contribution in [0.3, 0.4) is 0 Å². The summed E-state index contributed by atoms with van der Waals surface area (Å²) in [4.78, 5) is 0. The predicted molar refractivity (Wildman–Crippen MR) is 104 cm³/mol. The Hall–Kier alpha value is -0.180. The molecule has 2 atom stereocenters. The maximum Gasteiger partial charge on any atom is 0.114 e. The van der Waals surface area contributed by atoms with E-state index in [-0.39, 0.29) is 48.0 Å².